The number of anilines is 1. The largest absolute Gasteiger partial charge is 0.437 e. The van der Waals surface area contributed by atoms with Crippen LogP contribution in [0.25, 0.3) is 5.69 Å². The topological polar surface area (TPSA) is 53.1 Å². The first-order valence-corrected chi connectivity index (χ1v) is 5.97. The molecule has 4 nitrogen and oxygen atoms in total. The standard InChI is InChI=1S/C15H13N3O/c16-14-11-15(19-13-9-5-2-6-10-13)17-18(14)12-7-3-1-4-8-12/h1-11H,16H2. The third kappa shape index (κ3) is 2.42. The first-order chi connectivity index (χ1) is 9.33. The fourth-order valence-corrected chi connectivity index (χ4v) is 1.81. The molecule has 0 amide bonds. The van der Waals surface area contributed by atoms with Gasteiger partial charge < -0.3 is 10.5 Å². The van der Waals surface area contributed by atoms with E-state index in [9.17, 15) is 0 Å². The predicted octanol–water partition coefficient (Wildman–Crippen LogP) is 3.25. The van der Waals surface area contributed by atoms with Crippen molar-refractivity contribution in [3.63, 3.8) is 0 Å². The molecule has 0 aliphatic carbocycles. The molecule has 2 aromatic carbocycles. The first-order valence-electron chi connectivity index (χ1n) is 5.97. The summed E-state index contributed by atoms with van der Waals surface area (Å²) >= 11 is 0. The van der Waals surface area contributed by atoms with E-state index in [0.717, 1.165) is 11.4 Å². The normalized spacial score (nSPS) is 10.3. The minimum absolute atomic E-state index is 0.479. The van der Waals surface area contributed by atoms with E-state index >= 15 is 0 Å². The highest BCUT2D eigenvalue weighted by Gasteiger charge is 2.08. The molecule has 4 heteroatoms. The van der Waals surface area contributed by atoms with Gasteiger partial charge in [0.2, 0.25) is 5.88 Å². The molecular weight excluding hydrogens is 238 g/mol. The highest BCUT2D eigenvalue weighted by Crippen LogP contribution is 2.23. The van der Waals surface area contributed by atoms with Crippen LogP contribution < -0.4 is 10.5 Å². The summed E-state index contributed by atoms with van der Waals surface area (Å²) < 4.78 is 7.30. The molecule has 2 N–H and O–H groups in total. The van der Waals surface area contributed by atoms with Crippen LogP contribution in [0, 0.1) is 0 Å². The molecule has 0 aliphatic heterocycles. The van der Waals surface area contributed by atoms with Crippen LogP contribution in [-0.4, -0.2) is 9.78 Å². The Balaban J connectivity index is 1.90. The number of ether oxygens (including phenoxy) is 1. The number of nitrogen functional groups attached to an aromatic ring is 1. The van der Waals surface area contributed by atoms with Crippen LogP contribution in [0.5, 0.6) is 11.6 Å². The van der Waals surface area contributed by atoms with Crippen LogP contribution in [0.3, 0.4) is 0 Å². The highest BCUT2D eigenvalue weighted by atomic mass is 16.5. The molecule has 0 fully saturated rings. The maximum Gasteiger partial charge on any atom is 0.240 e. The molecule has 0 radical (unpaired) electrons. The Morgan fingerprint density at radius 1 is 0.895 bits per heavy atom. The number of benzene rings is 2. The Hall–Kier alpha value is -2.75. The van der Waals surface area contributed by atoms with Crippen molar-refractivity contribution in [1.29, 1.82) is 0 Å². The van der Waals surface area contributed by atoms with E-state index in [-0.39, 0.29) is 0 Å². The number of hydrogen-bond donors (Lipinski definition) is 1. The van der Waals surface area contributed by atoms with Gasteiger partial charge in [-0.15, -0.1) is 5.10 Å². The lowest BCUT2D eigenvalue weighted by Gasteiger charge is -2.02. The number of nitrogens with zero attached hydrogens (tertiary/aromatic N) is 2. The van der Waals surface area contributed by atoms with E-state index in [2.05, 4.69) is 5.10 Å². The summed E-state index contributed by atoms with van der Waals surface area (Å²) in [6, 6.07) is 20.9. The minimum Gasteiger partial charge on any atom is -0.437 e. The molecule has 0 aliphatic rings. The van der Waals surface area contributed by atoms with Crippen LogP contribution in [0.2, 0.25) is 0 Å². The maximum absolute atomic E-state index is 5.95. The first kappa shape index (κ1) is 11.3. The van der Waals surface area contributed by atoms with Crippen molar-refractivity contribution in [3.05, 3.63) is 66.7 Å². The van der Waals surface area contributed by atoms with E-state index in [0.29, 0.717) is 11.7 Å². The van der Waals surface area contributed by atoms with E-state index in [4.69, 9.17) is 10.5 Å². The summed E-state index contributed by atoms with van der Waals surface area (Å²) in [5.41, 5.74) is 6.85. The lowest BCUT2D eigenvalue weighted by molar-refractivity contribution is 0.457. The van der Waals surface area contributed by atoms with Gasteiger partial charge in [0, 0.05) is 6.07 Å². The van der Waals surface area contributed by atoms with E-state index in [1.165, 1.54) is 0 Å². The van der Waals surface area contributed by atoms with Gasteiger partial charge in [0.25, 0.3) is 0 Å². The molecule has 0 saturated heterocycles. The quantitative estimate of drug-likeness (QED) is 0.777. The summed E-state index contributed by atoms with van der Waals surface area (Å²) in [4.78, 5) is 0. The summed E-state index contributed by atoms with van der Waals surface area (Å²) in [5.74, 6) is 1.75. The van der Waals surface area contributed by atoms with Crippen LogP contribution >= 0.6 is 0 Å². The number of nitrogens with two attached hydrogens (primary N) is 1. The summed E-state index contributed by atoms with van der Waals surface area (Å²) in [5, 5.41) is 4.34. The Morgan fingerprint density at radius 3 is 2.21 bits per heavy atom. The van der Waals surface area contributed by atoms with Gasteiger partial charge in [-0.05, 0) is 24.3 Å². The van der Waals surface area contributed by atoms with Crippen molar-refractivity contribution in [3.8, 4) is 17.3 Å². The Morgan fingerprint density at radius 2 is 1.53 bits per heavy atom. The van der Waals surface area contributed by atoms with Crippen molar-refractivity contribution in [1.82, 2.24) is 9.78 Å². The summed E-state index contributed by atoms with van der Waals surface area (Å²) in [6.45, 7) is 0. The third-order valence-electron chi connectivity index (χ3n) is 2.68. The molecule has 94 valence electrons. The lowest BCUT2D eigenvalue weighted by atomic mass is 10.3. The summed E-state index contributed by atoms with van der Waals surface area (Å²) in [7, 11) is 0. The SMILES string of the molecule is Nc1cc(Oc2ccccc2)nn1-c1ccccc1. The van der Waals surface area contributed by atoms with Gasteiger partial charge >= 0.3 is 0 Å². The van der Waals surface area contributed by atoms with Crippen molar-refractivity contribution < 1.29 is 4.74 Å². The fraction of sp³-hybridized carbons (Fsp3) is 0. The van der Waals surface area contributed by atoms with Crippen molar-refractivity contribution in [2.45, 2.75) is 0 Å². The maximum atomic E-state index is 5.95. The van der Waals surface area contributed by atoms with Crippen molar-refractivity contribution >= 4 is 5.82 Å². The Bertz CT molecular complexity index is 662. The fourth-order valence-electron chi connectivity index (χ4n) is 1.81. The second-order valence-electron chi connectivity index (χ2n) is 4.07. The average Bonchev–Trinajstić information content (AvgIpc) is 2.82. The monoisotopic (exact) mass is 251 g/mol. The minimum atomic E-state index is 0.479. The van der Waals surface area contributed by atoms with E-state index < -0.39 is 0 Å². The molecule has 3 aromatic rings. The molecule has 0 unspecified atom stereocenters. The van der Waals surface area contributed by atoms with Gasteiger partial charge in [-0.3, -0.25) is 0 Å². The Labute approximate surface area is 111 Å². The molecule has 0 saturated carbocycles. The number of aromatic nitrogens is 2. The molecule has 1 aromatic heterocycles. The van der Waals surface area contributed by atoms with Gasteiger partial charge in [0.15, 0.2) is 0 Å². The van der Waals surface area contributed by atoms with E-state index in [1.807, 2.05) is 60.7 Å². The van der Waals surface area contributed by atoms with Crippen LogP contribution in [-0.2, 0) is 0 Å². The molecule has 3 rings (SSSR count). The second-order valence-corrected chi connectivity index (χ2v) is 4.07. The van der Waals surface area contributed by atoms with Crippen LogP contribution in [0.4, 0.5) is 5.82 Å². The van der Waals surface area contributed by atoms with Gasteiger partial charge in [-0.25, -0.2) is 4.68 Å². The van der Waals surface area contributed by atoms with E-state index in [1.54, 1.807) is 10.7 Å². The van der Waals surface area contributed by atoms with Crippen LogP contribution in [0.15, 0.2) is 66.7 Å². The summed E-state index contributed by atoms with van der Waals surface area (Å²) in [6.07, 6.45) is 0. The second kappa shape index (κ2) is 4.86. The zero-order valence-corrected chi connectivity index (χ0v) is 10.2. The van der Waals surface area contributed by atoms with Gasteiger partial charge in [-0.1, -0.05) is 36.4 Å². The number of hydrogen-bond acceptors (Lipinski definition) is 3. The molecule has 19 heavy (non-hydrogen) atoms. The smallest absolute Gasteiger partial charge is 0.240 e. The number of para-hydroxylation sites is 2. The zero-order chi connectivity index (χ0) is 13.1. The van der Waals surface area contributed by atoms with Gasteiger partial charge in [0.05, 0.1) is 5.69 Å². The highest BCUT2D eigenvalue weighted by molar-refractivity contribution is 5.45. The molecule has 0 spiro atoms. The van der Waals surface area contributed by atoms with Gasteiger partial charge in [-0.2, -0.15) is 0 Å². The molecule has 1 heterocycles. The number of rotatable bonds is 3. The van der Waals surface area contributed by atoms with Crippen LogP contribution in [0.1, 0.15) is 0 Å². The van der Waals surface area contributed by atoms with Crippen molar-refractivity contribution in [2.75, 3.05) is 5.73 Å². The molecule has 0 bridgehead atoms. The van der Waals surface area contributed by atoms with Gasteiger partial charge in [0.1, 0.15) is 11.6 Å². The molecule has 0 atom stereocenters. The van der Waals surface area contributed by atoms with Crippen molar-refractivity contribution in [2.24, 2.45) is 0 Å². The molecular formula is C15H13N3O. The third-order valence-corrected chi connectivity index (χ3v) is 2.68. The zero-order valence-electron chi connectivity index (χ0n) is 10.2. The Kier molecular flexibility index (Phi) is 2.90. The average molecular weight is 251 g/mol. The predicted molar refractivity (Wildman–Crippen MR) is 74.5 cm³/mol. The lowest BCUT2D eigenvalue weighted by Crippen LogP contribution is -2.01.